The van der Waals surface area contributed by atoms with Crippen molar-refractivity contribution in [1.29, 1.82) is 0 Å². The highest BCUT2D eigenvalue weighted by atomic mass is 35.5. The minimum absolute atomic E-state index is 0.107. The van der Waals surface area contributed by atoms with Gasteiger partial charge in [0.05, 0.1) is 10.0 Å². The third kappa shape index (κ3) is 5.66. The van der Waals surface area contributed by atoms with Gasteiger partial charge in [-0.2, -0.15) is 0 Å². The van der Waals surface area contributed by atoms with Crippen LogP contribution in [-0.2, 0) is 4.79 Å². The lowest BCUT2D eigenvalue weighted by Crippen LogP contribution is -2.48. The molecule has 0 saturated carbocycles. The first-order valence-corrected chi connectivity index (χ1v) is 8.51. The number of halogens is 2. The Morgan fingerprint density at radius 1 is 0.880 bits per heavy atom. The third-order valence-electron chi connectivity index (χ3n) is 3.45. The molecule has 25 heavy (non-hydrogen) atoms. The van der Waals surface area contributed by atoms with Crippen molar-refractivity contribution < 1.29 is 9.59 Å². The summed E-state index contributed by atoms with van der Waals surface area (Å²) >= 11 is 11.8. The Morgan fingerprint density at radius 2 is 1.56 bits per heavy atom. The number of hydrogen-bond donors (Lipinski definition) is 3. The van der Waals surface area contributed by atoms with E-state index >= 15 is 0 Å². The Hall–Kier alpha value is -2.24. The molecule has 2 aromatic rings. The minimum Gasteiger partial charge on any atom is -0.326 e. The van der Waals surface area contributed by atoms with E-state index in [2.05, 4.69) is 16.0 Å². The van der Waals surface area contributed by atoms with Crippen LogP contribution in [0.2, 0.25) is 10.0 Å². The van der Waals surface area contributed by atoms with E-state index < -0.39 is 12.1 Å². The number of carbonyl (C=O) groups is 2. The van der Waals surface area contributed by atoms with Gasteiger partial charge in [-0.05, 0) is 36.2 Å². The second kappa shape index (κ2) is 8.74. The van der Waals surface area contributed by atoms with Crippen LogP contribution in [0, 0.1) is 5.92 Å². The molecule has 2 rings (SSSR count). The molecule has 0 aromatic heterocycles. The highest BCUT2D eigenvalue weighted by Gasteiger charge is 2.24. The molecule has 132 valence electrons. The molecule has 1 atom stereocenters. The number of rotatable bonds is 5. The quantitative estimate of drug-likeness (QED) is 0.699. The average molecular weight is 380 g/mol. The van der Waals surface area contributed by atoms with Gasteiger partial charge in [0.2, 0.25) is 5.91 Å². The Labute approximate surface area is 156 Å². The van der Waals surface area contributed by atoms with Gasteiger partial charge in [-0.15, -0.1) is 0 Å². The first-order chi connectivity index (χ1) is 11.9. The second-order valence-corrected chi connectivity index (χ2v) is 6.62. The van der Waals surface area contributed by atoms with Crippen LogP contribution in [0.15, 0.2) is 48.5 Å². The molecule has 0 spiro atoms. The van der Waals surface area contributed by atoms with E-state index in [0.717, 1.165) is 0 Å². The third-order valence-corrected chi connectivity index (χ3v) is 4.19. The summed E-state index contributed by atoms with van der Waals surface area (Å²) in [7, 11) is 0. The van der Waals surface area contributed by atoms with Gasteiger partial charge in [0, 0.05) is 11.4 Å². The zero-order chi connectivity index (χ0) is 18.4. The molecule has 0 fully saturated rings. The van der Waals surface area contributed by atoms with Gasteiger partial charge in [-0.25, -0.2) is 4.79 Å². The van der Waals surface area contributed by atoms with E-state index in [0.29, 0.717) is 21.4 Å². The number of urea groups is 1. The first kappa shape index (κ1) is 19.1. The van der Waals surface area contributed by atoms with Crippen LogP contribution in [0.3, 0.4) is 0 Å². The Balaban J connectivity index is 2.02. The SMILES string of the molecule is CC(C)C(NC(=O)Nc1ccccc1)C(=O)Nc1ccc(Cl)c(Cl)c1. The van der Waals surface area contributed by atoms with Crippen molar-refractivity contribution in [2.75, 3.05) is 10.6 Å². The van der Waals surface area contributed by atoms with Crippen LogP contribution in [0.4, 0.5) is 16.2 Å². The van der Waals surface area contributed by atoms with E-state index in [1.54, 1.807) is 30.3 Å². The smallest absolute Gasteiger partial charge is 0.319 e. The molecule has 0 radical (unpaired) electrons. The number of hydrogen-bond acceptors (Lipinski definition) is 2. The molecular formula is C18H19Cl2N3O2. The normalized spacial score (nSPS) is 11.7. The summed E-state index contributed by atoms with van der Waals surface area (Å²) < 4.78 is 0. The first-order valence-electron chi connectivity index (χ1n) is 7.75. The summed E-state index contributed by atoms with van der Waals surface area (Å²) in [6.45, 7) is 3.70. The van der Waals surface area contributed by atoms with Gasteiger partial charge in [-0.1, -0.05) is 55.2 Å². The van der Waals surface area contributed by atoms with Crippen molar-refractivity contribution in [2.45, 2.75) is 19.9 Å². The van der Waals surface area contributed by atoms with E-state index in [4.69, 9.17) is 23.2 Å². The highest BCUT2D eigenvalue weighted by Crippen LogP contribution is 2.25. The number of para-hydroxylation sites is 1. The van der Waals surface area contributed by atoms with Gasteiger partial charge in [-0.3, -0.25) is 4.79 Å². The molecule has 0 heterocycles. The lowest BCUT2D eigenvalue weighted by Gasteiger charge is -2.22. The zero-order valence-corrected chi connectivity index (χ0v) is 15.4. The molecule has 0 aliphatic heterocycles. The van der Waals surface area contributed by atoms with Crippen molar-refractivity contribution in [1.82, 2.24) is 5.32 Å². The summed E-state index contributed by atoms with van der Waals surface area (Å²) in [4.78, 5) is 24.7. The van der Waals surface area contributed by atoms with Crippen molar-refractivity contribution in [3.8, 4) is 0 Å². The Kier molecular flexibility index (Phi) is 6.67. The van der Waals surface area contributed by atoms with E-state index in [9.17, 15) is 9.59 Å². The maximum Gasteiger partial charge on any atom is 0.319 e. The van der Waals surface area contributed by atoms with Crippen LogP contribution < -0.4 is 16.0 Å². The number of carbonyl (C=O) groups excluding carboxylic acids is 2. The summed E-state index contributed by atoms with van der Waals surface area (Å²) in [5.41, 5.74) is 1.16. The maximum atomic E-state index is 12.5. The highest BCUT2D eigenvalue weighted by molar-refractivity contribution is 6.42. The van der Waals surface area contributed by atoms with Gasteiger partial charge in [0.1, 0.15) is 6.04 Å². The fourth-order valence-electron chi connectivity index (χ4n) is 2.16. The van der Waals surface area contributed by atoms with Crippen LogP contribution in [-0.4, -0.2) is 18.0 Å². The number of amides is 3. The standard InChI is InChI=1S/C18H19Cl2N3O2/c1-11(2)16(23-18(25)22-12-6-4-3-5-7-12)17(24)21-13-8-9-14(19)15(20)10-13/h3-11,16H,1-2H3,(H,21,24)(H2,22,23,25). The monoisotopic (exact) mass is 379 g/mol. The number of nitrogens with one attached hydrogen (secondary N) is 3. The van der Waals surface area contributed by atoms with Crippen LogP contribution in [0.25, 0.3) is 0 Å². The lowest BCUT2D eigenvalue weighted by molar-refractivity contribution is -0.118. The molecule has 0 saturated heterocycles. The molecule has 0 aliphatic rings. The van der Waals surface area contributed by atoms with Gasteiger partial charge in [0.15, 0.2) is 0 Å². The molecule has 1 unspecified atom stereocenters. The van der Waals surface area contributed by atoms with Crippen molar-refractivity contribution >= 4 is 46.5 Å². The van der Waals surface area contributed by atoms with E-state index in [-0.39, 0.29) is 11.8 Å². The molecule has 2 aromatic carbocycles. The number of anilines is 2. The summed E-state index contributed by atoms with van der Waals surface area (Å²) in [5.74, 6) is -0.444. The van der Waals surface area contributed by atoms with E-state index in [1.165, 1.54) is 0 Å². The molecule has 0 bridgehead atoms. The van der Waals surface area contributed by atoms with Crippen LogP contribution in [0.1, 0.15) is 13.8 Å². The van der Waals surface area contributed by atoms with Crippen molar-refractivity contribution in [3.05, 3.63) is 58.6 Å². The lowest BCUT2D eigenvalue weighted by atomic mass is 10.0. The van der Waals surface area contributed by atoms with Crippen molar-refractivity contribution in [2.24, 2.45) is 5.92 Å². The summed E-state index contributed by atoms with van der Waals surface area (Å²) in [6, 6.07) is 12.6. The summed E-state index contributed by atoms with van der Waals surface area (Å²) in [5, 5.41) is 8.87. The zero-order valence-electron chi connectivity index (χ0n) is 13.8. The predicted octanol–water partition coefficient (Wildman–Crippen LogP) is 4.78. The number of benzene rings is 2. The molecule has 3 amide bonds. The maximum absolute atomic E-state index is 12.5. The van der Waals surface area contributed by atoms with Crippen LogP contribution in [0.5, 0.6) is 0 Å². The average Bonchev–Trinajstić information content (AvgIpc) is 2.56. The largest absolute Gasteiger partial charge is 0.326 e. The van der Waals surface area contributed by atoms with Crippen molar-refractivity contribution in [3.63, 3.8) is 0 Å². The molecule has 0 aliphatic carbocycles. The second-order valence-electron chi connectivity index (χ2n) is 5.80. The van der Waals surface area contributed by atoms with Crippen LogP contribution >= 0.6 is 23.2 Å². The summed E-state index contributed by atoms with van der Waals surface area (Å²) in [6.07, 6.45) is 0. The fraction of sp³-hybridized carbons (Fsp3) is 0.222. The Morgan fingerprint density at radius 3 is 2.16 bits per heavy atom. The fourth-order valence-corrected chi connectivity index (χ4v) is 2.46. The van der Waals surface area contributed by atoms with Gasteiger partial charge < -0.3 is 16.0 Å². The van der Waals surface area contributed by atoms with E-state index in [1.807, 2.05) is 32.0 Å². The van der Waals surface area contributed by atoms with Gasteiger partial charge in [0.25, 0.3) is 0 Å². The topological polar surface area (TPSA) is 70.2 Å². The minimum atomic E-state index is -0.710. The van der Waals surface area contributed by atoms with Gasteiger partial charge >= 0.3 is 6.03 Å². The molecule has 7 heteroatoms. The molecule has 3 N–H and O–H groups in total. The molecular weight excluding hydrogens is 361 g/mol. The molecule has 5 nitrogen and oxygen atoms in total. The predicted molar refractivity (Wildman–Crippen MR) is 102 cm³/mol. The Bertz CT molecular complexity index is 751.